The lowest BCUT2D eigenvalue weighted by Gasteiger charge is -1.99. The van der Waals surface area contributed by atoms with Crippen molar-refractivity contribution in [1.29, 1.82) is 0 Å². The van der Waals surface area contributed by atoms with E-state index >= 15 is 0 Å². The molecule has 0 radical (unpaired) electrons. The molecule has 0 atom stereocenters. The molecule has 0 heterocycles. The van der Waals surface area contributed by atoms with Crippen LogP contribution in [0, 0.1) is 0 Å². The highest BCUT2D eigenvalue weighted by molar-refractivity contribution is 5.69. The highest BCUT2D eigenvalue weighted by atomic mass is 16.5. The average molecular weight is 152 g/mol. The van der Waals surface area contributed by atoms with Crippen molar-refractivity contribution in [2.75, 3.05) is 0 Å². The number of hydrogen-bond donors (Lipinski definition) is 1. The van der Waals surface area contributed by atoms with Crippen LogP contribution >= 0.6 is 0 Å². The van der Waals surface area contributed by atoms with Crippen molar-refractivity contribution < 1.29 is 14.6 Å². The first kappa shape index (κ1) is 7.60. The van der Waals surface area contributed by atoms with Crippen molar-refractivity contribution >= 4 is 5.97 Å². The molecule has 3 nitrogen and oxygen atoms in total. The summed E-state index contributed by atoms with van der Waals surface area (Å²) in [5.41, 5.74) is 0. The van der Waals surface area contributed by atoms with Crippen molar-refractivity contribution in [3.63, 3.8) is 0 Å². The van der Waals surface area contributed by atoms with Crippen LogP contribution in [0.2, 0.25) is 0 Å². The van der Waals surface area contributed by atoms with E-state index in [0.29, 0.717) is 5.75 Å². The van der Waals surface area contributed by atoms with Gasteiger partial charge in [-0.05, 0) is 24.3 Å². The fourth-order valence-electron chi connectivity index (χ4n) is 0.680. The molecule has 0 amide bonds. The molecule has 1 N–H and O–H groups in total. The number of esters is 1. The summed E-state index contributed by atoms with van der Waals surface area (Å²) in [6, 6.07) is 5.96. The second kappa shape index (κ2) is 3.05. The quantitative estimate of drug-likeness (QED) is 0.487. The smallest absolute Gasteiger partial charge is 0.308 e. The van der Waals surface area contributed by atoms with Gasteiger partial charge in [-0.15, -0.1) is 0 Å². The predicted molar refractivity (Wildman–Crippen MR) is 39.4 cm³/mol. The third-order valence-corrected chi connectivity index (χ3v) is 1.10. The van der Waals surface area contributed by atoms with Crippen molar-refractivity contribution in [2.45, 2.75) is 6.92 Å². The Morgan fingerprint density at radius 3 is 2.36 bits per heavy atom. The van der Waals surface area contributed by atoms with Crippen LogP contribution in [-0.4, -0.2) is 11.1 Å². The summed E-state index contributed by atoms with van der Waals surface area (Å²) in [7, 11) is 0. The molecular formula is C8H8O3. The van der Waals surface area contributed by atoms with Crippen LogP contribution in [0.15, 0.2) is 24.3 Å². The van der Waals surface area contributed by atoms with Gasteiger partial charge in [0.2, 0.25) is 0 Å². The fourth-order valence-corrected chi connectivity index (χ4v) is 0.680. The van der Waals surface area contributed by atoms with E-state index in [1.807, 2.05) is 0 Å². The van der Waals surface area contributed by atoms with E-state index in [-0.39, 0.29) is 11.7 Å². The SMILES string of the molecule is CC(=O)Oc1ccc(O)cc1. The van der Waals surface area contributed by atoms with Gasteiger partial charge >= 0.3 is 5.97 Å². The molecule has 0 bridgehead atoms. The van der Waals surface area contributed by atoms with Crippen LogP contribution in [-0.2, 0) is 4.79 Å². The fraction of sp³-hybridized carbons (Fsp3) is 0.125. The Kier molecular flexibility index (Phi) is 2.11. The largest absolute Gasteiger partial charge is 0.508 e. The lowest BCUT2D eigenvalue weighted by molar-refractivity contribution is -0.131. The first-order valence-corrected chi connectivity index (χ1v) is 3.16. The van der Waals surface area contributed by atoms with Gasteiger partial charge in [0.25, 0.3) is 0 Å². The maximum absolute atomic E-state index is 10.4. The Morgan fingerprint density at radius 1 is 1.36 bits per heavy atom. The third kappa shape index (κ3) is 2.29. The number of ether oxygens (including phenoxy) is 1. The van der Waals surface area contributed by atoms with E-state index < -0.39 is 0 Å². The number of phenolic OH excluding ortho intramolecular Hbond substituents is 1. The third-order valence-electron chi connectivity index (χ3n) is 1.10. The Balaban J connectivity index is 2.74. The molecule has 0 aliphatic heterocycles. The van der Waals surface area contributed by atoms with Gasteiger partial charge < -0.3 is 9.84 Å². The van der Waals surface area contributed by atoms with Gasteiger partial charge in [-0.25, -0.2) is 0 Å². The molecule has 0 spiro atoms. The second-order valence-corrected chi connectivity index (χ2v) is 2.09. The number of carbonyl (C=O) groups is 1. The van der Waals surface area contributed by atoms with Crippen LogP contribution in [0.25, 0.3) is 0 Å². The summed E-state index contributed by atoms with van der Waals surface area (Å²) in [6.45, 7) is 1.33. The average Bonchev–Trinajstić information content (AvgIpc) is 1.93. The van der Waals surface area contributed by atoms with Crippen LogP contribution in [0.4, 0.5) is 0 Å². The van der Waals surface area contributed by atoms with Gasteiger partial charge in [0.1, 0.15) is 11.5 Å². The van der Waals surface area contributed by atoms with Gasteiger partial charge in [-0.3, -0.25) is 4.79 Å². The van der Waals surface area contributed by atoms with E-state index in [4.69, 9.17) is 9.84 Å². The van der Waals surface area contributed by atoms with Gasteiger partial charge in [0.05, 0.1) is 0 Å². The van der Waals surface area contributed by atoms with Crippen LogP contribution in [0.5, 0.6) is 11.5 Å². The van der Waals surface area contributed by atoms with Gasteiger partial charge in [0, 0.05) is 6.92 Å². The minimum atomic E-state index is -0.365. The number of rotatable bonds is 1. The first-order chi connectivity index (χ1) is 5.18. The lowest BCUT2D eigenvalue weighted by Crippen LogP contribution is -2.00. The van der Waals surface area contributed by atoms with Crippen LogP contribution in [0.3, 0.4) is 0 Å². The van der Waals surface area contributed by atoms with E-state index in [1.54, 1.807) is 0 Å². The van der Waals surface area contributed by atoms with Crippen molar-refractivity contribution in [1.82, 2.24) is 0 Å². The standard InChI is InChI=1S/C8H8O3/c1-6(9)11-8-4-2-7(10)3-5-8/h2-5,10H,1H3. The summed E-state index contributed by atoms with van der Waals surface area (Å²) in [6.07, 6.45) is 0. The minimum Gasteiger partial charge on any atom is -0.508 e. The molecule has 0 saturated carbocycles. The number of phenols is 1. The van der Waals surface area contributed by atoms with Crippen LogP contribution in [0.1, 0.15) is 6.92 Å². The van der Waals surface area contributed by atoms with E-state index in [2.05, 4.69) is 0 Å². The summed E-state index contributed by atoms with van der Waals surface area (Å²) < 4.78 is 4.72. The minimum absolute atomic E-state index is 0.154. The molecule has 0 aliphatic rings. The van der Waals surface area contributed by atoms with E-state index in [9.17, 15) is 4.79 Å². The van der Waals surface area contributed by atoms with E-state index in [1.165, 1.54) is 31.2 Å². The van der Waals surface area contributed by atoms with Gasteiger partial charge in [-0.2, -0.15) is 0 Å². The Bertz CT molecular complexity index is 251. The molecule has 3 heteroatoms. The summed E-state index contributed by atoms with van der Waals surface area (Å²) in [5.74, 6) is 0.229. The molecule has 1 aromatic rings. The van der Waals surface area contributed by atoms with E-state index in [0.717, 1.165) is 0 Å². The lowest BCUT2D eigenvalue weighted by atomic mass is 10.3. The highest BCUT2D eigenvalue weighted by Gasteiger charge is 1.95. The Labute approximate surface area is 64.2 Å². The first-order valence-electron chi connectivity index (χ1n) is 3.16. The van der Waals surface area contributed by atoms with Gasteiger partial charge in [0.15, 0.2) is 0 Å². The molecule has 11 heavy (non-hydrogen) atoms. The number of carbonyl (C=O) groups excluding carboxylic acids is 1. The number of aromatic hydroxyl groups is 1. The Morgan fingerprint density at radius 2 is 1.91 bits per heavy atom. The van der Waals surface area contributed by atoms with Crippen molar-refractivity contribution in [3.05, 3.63) is 24.3 Å². The molecule has 0 aromatic heterocycles. The van der Waals surface area contributed by atoms with Gasteiger partial charge in [-0.1, -0.05) is 0 Å². The molecular weight excluding hydrogens is 144 g/mol. The number of benzene rings is 1. The topological polar surface area (TPSA) is 46.5 Å². The van der Waals surface area contributed by atoms with Crippen molar-refractivity contribution in [2.24, 2.45) is 0 Å². The molecule has 1 aromatic carbocycles. The zero-order chi connectivity index (χ0) is 8.27. The molecule has 0 saturated heterocycles. The summed E-state index contributed by atoms with van der Waals surface area (Å²) >= 11 is 0. The molecule has 1 rings (SSSR count). The maximum atomic E-state index is 10.4. The second-order valence-electron chi connectivity index (χ2n) is 2.09. The summed E-state index contributed by atoms with van der Waals surface area (Å²) in [4.78, 5) is 10.4. The number of hydrogen-bond acceptors (Lipinski definition) is 3. The highest BCUT2D eigenvalue weighted by Crippen LogP contribution is 2.15. The molecule has 0 aliphatic carbocycles. The molecule has 0 unspecified atom stereocenters. The zero-order valence-electron chi connectivity index (χ0n) is 6.07. The normalized spacial score (nSPS) is 9.18. The monoisotopic (exact) mass is 152 g/mol. The maximum Gasteiger partial charge on any atom is 0.308 e. The summed E-state index contributed by atoms with van der Waals surface area (Å²) in [5, 5.41) is 8.85. The van der Waals surface area contributed by atoms with Crippen LogP contribution < -0.4 is 4.74 Å². The molecule has 58 valence electrons. The van der Waals surface area contributed by atoms with Crippen molar-refractivity contribution in [3.8, 4) is 11.5 Å². The predicted octanol–water partition coefficient (Wildman–Crippen LogP) is 1.32. The zero-order valence-corrected chi connectivity index (χ0v) is 6.07. The Hall–Kier alpha value is -1.51. The molecule has 0 fully saturated rings.